The van der Waals surface area contributed by atoms with Crippen LogP contribution in [0, 0.1) is 0 Å². The van der Waals surface area contributed by atoms with Gasteiger partial charge in [0.2, 0.25) is 0 Å². The van der Waals surface area contributed by atoms with Gasteiger partial charge in [0.15, 0.2) is 0 Å². The first kappa shape index (κ1) is 80.5. The summed E-state index contributed by atoms with van der Waals surface area (Å²) in [5, 5.41) is 0. The summed E-state index contributed by atoms with van der Waals surface area (Å²) in [5.74, 6) is 0. The summed E-state index contributed by atoms with van der Waals surface area (Å²) in [6, 6.07) is 0. The van der Waals surface area contributed by atoms with Crippen LogP contribution in [0.15, 0.2) is 0 Å². The van der Waals surface area contributed by atoms with Gasteiger partial charge in [-0.05, 0) is 0 Å². The molecular formula is C2H5B73O. The van der Waals surface area contributed by atoms with E-state index < -0.39 is 0 Å². The second-order valence-electron chi connectivity index (χ2n) is 14.3. The van der Waals surface area contributed by atoms with Crippen molar-refractivity contribution in [3.63, 3.8) is 0 Å². The molecule has 0 spiro atoms. The van der Waals surface area contributed by atoms with Crippen LogP contribution in [0.5, 0.6) is 0 Å². The topological polar surface area (TPSA) is 9.23 Å². The van der Waals surface area contributed by atoms with Crippen molar-refractivity contribution in [2.24, 2.45) is 0 Å². The van der Waals surface area contributed by atoms with Crippen molar-refractivity contribution in [1.29, 1.82) is 0 Å². The molecule has 2 radical (unpaired) electrons. The molecule has 0 bridgehead atoms. The predicted molar refractivity (Wildman–Crippen MR) is 432 cm³/mol. The van der Waals surface area contributed by atoms with Crippen LogP contribution in [0.1, 0.15) is 6.92 Å². The summed E-state index contributed by atoms with van der Waals surface area (Å²) in [4.78, 5) is 0. The van der Waals surface area contributed by atoms with E-state index in [0.717, 1.165) is 0 Å². The molecule has 0 fully saturated rings. The molecule has 76 heavy (non-hydrogen) atoms. The molecule has 0 aromatic carbocycles. The van der Waals surface area contributed by atoms with Gasteiger partial charge in [-0.15, -0.1) is 0 Å². The summed E-state index contributed by atoms with van der Waals surface area (Å²) < 4.78 is 5.11. The van der Waals surface area contributed by atoms with E-state index in [4.69, 9.17) is 12.4 Å². The molecule has 0 N–H and O–H groups in total. The van der Waals surface area contributed by atoms with Gasteiger partial charge in [0.05, 0.1) is 0 Å². The molecule has 0 aromatic rings. The van der Waals surface area contributed by atoms with Crippen LogP contribution in [-0.4, -0.2) is 497 Å². The minimum absolute atomic E-state index is 0.684. The maximum atomic E-state index is 5.26. The first-order valence-corrected chi connectivity index (χ1v) is 25.2. The van der Waals surface area contributed by atoms with Gasteiger partial charge in [0.1, 0.15) is 0 Å². The third kappa shape index (κ3) is 78.5. The van der Waals surface area contributed by atoms with E-state index in [1.54, 1.807) is 13.7 Å². The van der Waals surface area contributed by atoms with E-state index in [2.05, 4.69) is 0 Å². The molecule has 0 aliphatic heterocycles. The third-order valence-electron chi connectivity index (χ3n) is 8.12. The van der Waals surface area contributed by atoms with Crippen LogP contribution < -0.4 is 0 Å². The molecule has 0 heterocycles. The third-order valence-corrected chi connectivity index (χ3v) is 8.12. The van der Waals surface area contributed by atoms with Gasteiger partial charge in [-0.25, -0.2) is 0 Å². The predicted octanol–water partition coefficient (Wildman–Crippen LogP) is -27.3. The SMILES string of the molecule is [B]B=BB=BB=BB=BB=BB=BB=BB=BB=BB=BB=BB=BB=BB=BB=BB=BB=BB=BB=BB=BB=BB=BB=BB=BB=BB=BB=BB=BB=BB=BB=BB=BB=BB=BB=BB=BOCC. The monoisotopic (exact) mass is 849 g/mol. The molecule has 0 aliphatic rings. The fraction of sp³-hybridized carbons (Fsp3) is 1.00. The van der Waals surface area contributed by atoms with Gasteiger partial charge in [-0.2, -0.15) is 0 Å². The average Bonchev–Trinajstić information content (AvgIpc) is 3.43. The zero-order chi connectivity index (χ0) is 54.3. The molecular weight excluding hydrogens is 829 g/mol. The molecule has 0 saturated heterocycles. The summed E-state index contributed by atoms with van der Waals surface area (Å²) in [6.07, 6.45) is 0. The Kier molecular flexibility index (Phi) is 84.3. The summed E-state index contributed by atoms with van der Waals surface area (Å²) in [6.45, 7) is 143. The van der Waals surface area contributed by atoms with E-state index in [-0.39, 0.29) is 0 Å². The van der Waals surface area contributed by atoms with Crippen molar-refractivity contribution < 1.29 is 4.65 Å². The quantitative estimate of drug-likeness (QED) is 0.0567. The van der Waals surface area contributed by atoms with Gasteiger partial charge in [-0.1, -0.05) is 0 Å². The molecule has 1 nitrogen and oxygen atoms in total. The Labute approximate surface area is 503 Å². The normalized spacial score (nSPS) is 7.91. The number of hydrogen-bond donors (Lipinski definition) is 0. The molecule has 0 aliphatic carbocycles. The van der Waals surface area contributed by atoms with Crippen molar-refractivity contribution in [2.45, 2.75) is 6.92 Å². The van der Waals surface area contributed by atoms with E-state index in [1.807, 2.05) is 469 Å². The average molecular weight is 834 g/mol. The fourth-order valence-corrected chi connectivity index (χ4v) is 4.62. The Morgan fingerprint density at radius 3 is 0.342 bits per heavy atom. The van der Waals surface area contributed by atoms with Crippen LogP contribution >= 0.6 is 0 Å². The first-order valence-electron chi connectivity index (χ1n) is 25.2. The standard InChI is InChI=1S/C2H5B73O/c1-2-76-75-74-73-72-71-70-69-68-67-66-65-64-63-62-61-60-59-58-57-56-55-54-53-52-51-50-49-48-47-46-45-44-43-42-41-40-39-38-37-36-35-34-33-32-31-30-29-28-27-26-25-24-23-22-21-20-19-18-17-16-15-14-13-12-11-10-9-8-7-6-5-4-3/h2H2,1H3. The van der Waals surface area contributed by atoms with E-state index in [0.29, 0.717) is 6.61 Å². The van der Waals surface area contributed by atoms with Crippen LogP contribution in [0.4, 0.5) is 0 Å². The molecule has 0 unspecified atom stereocenters. The second kappa shape index (κ2) is 79.5. The van der Waals surface area contributed by atoms with Gasteiger partial charge < -0.3 is 0 Å². The summed E-state index contributed by atoms with van der Waals surface area (Å²) in [5.41, 5.74) is 0. The summed E-state index contributed by atoms with van der Waals surface area (Å²) in [7, 11) is 6.94. The maximum absolute atomic E-state index is 5.26. The van der Waals surface area contributed by atoms with Gasteiger partial charge in [0, 0.05) is 0 Å². The molecule has 0 rings (SSSR count). The molecule has 0 amide bonds. The van der Waals surface area contributed by atoms with E-state index >= 15 is 0 Å². The molecule has 0 atom stereocenters. The van der Waals surface area contributed by atoms with E-state index in [1.165, 1.54) is 6.69 Å². The van der Waals surface area contributed by atoms with Crippen molar-refractivity contribution in [3.05, 3.63) is 0 Å². The second-order valence-corrected chi connectivity index (χ2v) is 14.3. The van der Waals surface area contributed by atoms with Crippen molar-refractivity contribution in [1.82, 2.24) is 0 Å². The molecule has 238 valence electrons. The van der Waals surface area contributed by atoms with Crippen molar-refractivity contribution in [3.8, 4) is 0 Å². The van der Waals surface area contributed by atoms with Gasteiger partial charge >= 0.3 is 508 Å². The Morgan fingerprint density at radius 1 is 0.158 bits per heavy atom. The van der Waals surface area contributed by atoms with Crippen LogP contribution in [0.3, 0.4) is 0 Å². The minimum atomic E-state index is 0.684. The molecule has 0 saturated carbocycles. The fourth-order valence-electron chi connectivity index (χ4n) is 4.62. The Morgan fingerprint density at radius 2 is 0.250 bits per heavy atom. The van der Waals surface area contributed by atoms with Gasteiger partial charge in [0.25, 0.3) is 0 Å². The Bertz CT molecular complexity index is 2610. The van der Waals surface area contributed by atoms with Crippen LogP contribution in [-0.2, 0) is 4.65 Å². The Hall–Kier alpha value is 4.54. The first-order chi connectivity index (χ1) is 37.9. The van der Waals surface area contributed by atoms with E-state index in [9.17, 15) is 0 Å². The zero-order valence-electron chi connectivity index (χ0n) is 44.3. The van der Waals surface area contributed by atoms with Crippen LogP contribution in [0.25, 0.3) is 0 Å². The van der Waals surface area contributed by atoms with Crippen molar-refractivity contribution in [2.75, 3.05) is 6.61 Å². The van der Waals surface area contributed by atoms with Crippen molar-refractivity contribution >= 4 is 490 Å². The van der Waals surface area contributed by atoms with Crippen LogP contribution in [0.2, 0.25) is 0 Å². The zero-order valence-corrected chi connectivity index (χ0v) is 44.3. The number of hydrogen-bond acceptors (Lipinski definition) is 1. The Balaban J connectivity index is 4.09. The summed E-state index contributed by atoms with van der Waals surface area (Å²) >= 11 is 0. The number of rotatable bonds is 37. The molecule has 74 heteroatoms. The molecule has 0 aromatic heterocycles. The van der Waals surface area contributed by atoms with Gasteiger partial charge in [-0.3, -0.25) is 0 Å².